The average Bonchev–Trinajstić information content (AvgIpc) is 3.28. The Bertz CT molecular complexity index is 3290. The van der Waals surface area contributed by atoms with Crippen LogP contribution in [0.5, 0.6) is 0 Å². The van der Waals surface area contributed by atoms with Crippen molar-refractivity contribution in [1.29, 1.82) is 0 Å². The standard InChI is InChI=1S/C56H36/c1-2-14-37(15-3-1)40-30-31-51-54(34-40)53(44-23-11-21-42(33-44)48-29-13-19-39-17-5-7-25-46(39)48)36-55-50-27-9-8-26-49(50)52(35-56(51)55)43-22-10-20-41(32-43)47-28-12-18-38-16-4-6-24-45(38)47/h1-36H. The molecule has 0 N–H and O–H groups in total. The second-order valence-corrected chi connectivity index (χ2v) is 14.8. The van der Waals surface area contributed by atoms with Gasteiger partial charge in [0.15, 0.2) is 0 Å². The van der Waals surface area contributed by atoms with E-state index in [-0.39, 0.29) is 0 Å². The van der Waals surface area contributed by atoms with Crippen LogP contribution in [0.4, 0.5) is 0 Å². The molecule has 56 heavy (non-hydrogen) atoms. The van der Waals surface area contributed by atoms with Crippen LogP contribution in [-0.4, -0.2) is 0 Å². The van der Waals surface area contributed by atoms with Gasteiger partial charge in [0.2, 0.25) is 0 Å². The van der Waals surface area contributed by atoms with Crippen LogP contribution in [0.3, 0.4) is 0 Å². The van der Waals surface area contributed by atoms with Crippen molar-refractivity contribution in [3.05, 3.63) is 218 Å². The van der Waals surface area contributed by atoms with Crippen LogP contribution < -0.4 is 0 Å². The Labute approximate surface area is 326 Å². The zero-order valence-electron chi connectivity index (χ0n) is 30.8. The Hall–Kier alpha value is -7.28. The van der Waals surface area contributed by atoms with Crippen LogP contribution in [0.2, 0.25) is 0 Å². The molecule has 0 unspecified atom stereocenters. The summed E-state index contributed by atoms with van der Waals surface area (Å²) < 4.78 is 0. The van der Waals surface area contributed by atoms with Crippen molar-refractivity contribution < 1.29 is 0 Å². The van der Waals surface area contributed by atoms with E-state index in [9.17, 15) is 0 Å². The van der Waals surface area contributed by atoms with E-state index in [1.165, 1.54) is 109 Å². The highest BCUT2D eigenvalue weighted by Crippen LogP contribution is 2.44. The second kappa shape index (κ2) is 13.2. The highest BCUT2D eigenvalue weighted by Gasteiger charge is 2.17. The van der Waals surface area contributed by atoms with Gasteiger partial charge in [-0.3, -0.25) is 0 Å². The lowest BCUT2D eigenvalue weighted by Crippen LogP contribution is -1.91. The molecule has 0 aliphatic heterocycles. The van der Waals surface area contributed by atoms with Crippen LogP contribution in [0.25, 0.3) is 109 Å². The second-order valence-electron chi connectivity index (χ2n) is 14.8. The molecule has 0 heterocycles. The smallest absolute Gasteiger partial charge is 0.00923 e. The number of rotatable bonds is 5. The molecule has 0 aliphatic carbocycles. The fraction of sp³-hybridized carbons (Fsp3) is 0. The zero-order valence-corrected chi connectivity index (χ0v) is 30.8. The summed E-state index contributed by atoms with van der Waals surface area (Å²) in [4.78, 5) is 0. The molecule has 0 amide bonds. The van der Waals surface area contributed by atoms with E-state index in [0.29, 0.717) is 0 Å². The first kappa shape index (κ1) is 32.2. The lowest BCUT2D eigenvalue weighted by atomic mass is 9.86. The molecule has 0 nitrogen and oxygen atoms in total. The van der Waals surface area contributed by atoms with Crippen LogP contribution in [-0.2, 0) is 0 Å². The molecule has 0 aliphatic rings. The van der Waals surface area contributed by atoms with Crippen LogP contribution in [0.1, 0.15) is 0 Å². The number of hydrogen-bond acceptors (Lipinski definition) is 0. The quantitative estimate of drug-likeness (QED) is 0.156. The Morgan fingerprint density at radius 2 is 0.571 bits per heavy atom. The Balaban J connectivity index is 1.17. The minimum atomic E-state index is 1.21. The molecule has 0 saturated heterocycles. The largest absolute Gasteiger partial charge is 0.0622 e. The van der Waals surface area contributed by atoms with Crippen LogP contribution in [0.15, 0.2) is 218 Å². The van der Waals surface area contributed by atoms with Gasteiger partial charge in [0, 0.05) is 0 Å². The van der Waals surface area contributed by atoms with Crippen molar-refractivity contribution in [3.63, 3.8) is 0 Å². The van der Waals surface area contributed by atoms with Crippen LogP contribution >= 0.6 is 0 Å². The van der Waals surface area contributed by atoms with E-state index in [2.05, 4.69) is 218 Å². The van der Waals surface area contributed by atoms with Gasteiger partial charge in [0.25, 0.3) is 0 Å². The van der Waals surface area contributed by atoms with E-state index in [1.54, 1.807) is 0 Å². The average molecular weight is 709 g/mol. The van der Waals surface area contributed by atoms with Gasteiger partial charge in [-0.1, -0.05) is 188 Å². The van der Waals surface area contributed by atoms with Crippen molar-refractivity contribution in [2.24, 2.45) is 0 Å². The van der Waals surface area contributed by atoms with Gasteiger partial charge in [-0.15, -0.1) is 0 Å². The molecule has 0 bridgehead atoms. The van der Waals surface area contributed by atoms with Gasteiger partial charge >= 0.3 is 0 Å². The summed E-state index contributed by atoms with van der Waals surface area (Å²) in [5.41, 5.74) is 12.3. The first-order chi connectivity index (χ1) is 27.8. The van der Waals surface area contributed by atoms with E-state index in [0.717, 1.165) is 0 Å². The first-order valence-corrected chi connectivity index (χ1v) is 19.4. The van der Waals surface area contributed by atoms with Crippen molar-refractivity contribution in [3.8, 4) is 55.6 Å². The third-order valence-corrected chi connectivity index (χ3v) is 11.6. The van der Waals surface area contributed by atoms with Crippen molar-refractivity contribution >= 4 is 53.9 Å². The summed E-state index contributed by atoms with van der Waals surface area (Å²) in [5, 5.41) is 12.6. The minimum Gasteiger partial charge on any atom is -0.0622 e. The van der Waals surface area contributed by atoms with Gasteiger partial charge in [0.1, 0.15) is 0 Å². The molecule has 0 radical (unpaired) electrons. The summed E-state index contributed by atoms with van der Waals surface area (Å²) in [7, 11) is 0. The normalized spacial score (nSPS) is 11.6. The first-order valence-electron chi connectivity index (χ1n) is 19.4. The fourth-order valence-corrected chi connectivity index (χ4v) is 8.95. The summed E-state index contributed by atoms with van der Waals surface area (Å²) in [5.74, 6) is 0. The van der Waals surface area contributed by atoms with E-state index in [1.807, 2.05) is 0 Å². The van der Waals surface area contributed by atoms with Gasteiger partial charge in [-0.05, 0) is 140 Å². The van der Waals surface area contributed by atoms with Gasteiger partial charge in [-0.2, -0.15) is 0 Å². The topological polar surface area (TPSA) is 0 Å². The Morgan fingerprint density at radius 3 is 1.16 bits per heavy atom. The van der Waals surface area contributed by atoms with Gasteiger partial charge < -0.3 is 0 Å². The fourth-order valence-electron chi connectivity index (χ4n) is 8.95. The molecule has 11 aromatic rings. The minimum absolute atomic E-state index is 1.21. The molecule has 0 fully saturated rings. The summed E-state index contributed by atoms with van der Waals surface area (Å²) in [6, 6.07) is 80.4. The molecule has 11 aromatic carbocycles. The van der Waals surface area contributed by atoms with E-state index in [4.69, 9.17) is 0 Å². The van der Waals surface area contributed by atoms with Crippen molar-refractivity contribution in [2.75, 3.05) is 0 Å². The number of hydrogen-bond donors (Lipinski definition) is 0. The summed E-state index contributed by atoms with van der Waals surface area (Å²) in [6.45, 7) is 0. The molecule has 0 heteroatoms. The summed E-state index contributed by atoms with van der Waals surface area (Å²) in [6.07, 6.45) is 0. The van der Waals surface area contributed by atoms with Gasteiger partial charge in [-0.25, -0.2) is 0 Å². The maximum atomic E-state index is 2.45. The molecule has 260 valence electrons. The highest BCUT2D eigenvalue weighted by atomic mass is 14.2. The molecule has 0 atom stereocenters. The number of fused-ring (bicyclic) bond motifs is 7. The predicted molar refractivity (Wildman–Crippen MR) is 241 cm³/mol. The molecule has 0 saturated carbocycles. The van der Waals surface area contributed by atoms with Gasteiger partial charge in [0.05, 0.1) is 0 Å². The highest BCUT2D eigenvalue weighted by molar-refractivity contribution is 6.24. The number of benzene rings is 11. The SMILES string of the molecule is c1ccc(-c2ccc3c(c2)c(-c2cccc(-c4cccc5ccccc45)c2)cc2c4ccccc4c(-c4cccc(-c5cccc6ccccc56)c4)cc32)cc1. The van der Waals surface area contributed by atoms with Crippen molar-refractivity contribution in [2.45, 2.75) is 0 Å². The molecule has 0 aromatic heterocycles. The maximum absolute atomic E-state index is 2.45. The third kappa shape index (κ3) is 5.38. The van der Waals surface area contributed by atoms with E-state index < -0.39 is 0 Å². The Morgan fingerprint density at radius 1 is 0.161 bits per heavy atom. The molecule has 11 rings (SSSR count). The predicted octanol–water partition coefficient (Wildman–Crippen LogP) is 15.8. The van der Waals surface area contributed by atoms with Crippen molar-refractivity contribution in [1.82, 2.24) is 0 Å². The third-order valence-electron chi connectivity index (χ3n) is 11.6. The lowest BCUT2D eigenvalue weighted by Gasteiger charge is -2.18. The Kier molecular flexibility index (Phi) is 7.60. The maximum Gasteiger partial charge on any atom is -0.00923 e. The monoisotopic (exact) mass is 708 g/mol. The van der Waals surface area contributed by atoms with Crippen LogP contribution in [0, 0.1) is 0 Å². The molecular weight excluding hydrogens is 673 g/mol. The van der Waals surface area contributed by atoms with E-state index >= 15 is 0 Å². The summed E-state index contributed by atoms with van der Waals surface area (Å²) >= 11 is 0. The lowest BCUT2D eigenvalue weighted by molar-refractivity contribution is 1.62. The molecular formula is C56H36. The zero-order chi connectivity index (χ0) is 37.0. The molecule has 0 spiro atoms.